The Labute approximate surface area is 77.2 Å². The predicted octanol–water partition coefficient (Wildman–Crippen LogP) is -0.00960. The zero-order chi connectivity index (χ0) is 9.84. The van der Waals surface area contributed by atoms with Crippen LogP contribution in [0.5, 0.6) is 0 Å². The molecule has 0 aromatic carbocycles. The van der Waals surface area contributed by atoms with E-state index in [1.807, 2.05) is 0 Å². The van der Waals surface area contributed by atoms with Gasteiger partial charge in [0.1, 0.15) is 6.61 Å². The standard InChI is InChI=1S/C9H13NO3/c1-7(8(11)6-13-2)9(12)10-4-3-5-10/h1,3-6H2,2H3. The Hall–Kier alpha value is -1.16. The number of ketones is 1. The van der Waals surface area contributed by atoms with Crippen molar-refractivity contribution in [2.24, 2.45) is 0 Å². The maximum Gasteiger partial charge on any atom is 0.256 e. The molecular weight excluding hydrogens is 170 g/mol. The Morgan fingerprint density at radius 3 is 2.46 bits per heavy atom. The second-order valence-electron chi connectivity index (χ2n) is 2.98. The van der Waals surface area contributed by atoms with Gasteiger partial charge in [-0.3, -0.25) is 9.59 Å². The first kappa shape index (κ1) is 9.92. The van der Waals surface area contributed by atoms with Crippen molar-refractivity contribution in [3.8, 4) is 0 Å². The summed E-state index contributed by atoms with van der Waals surface area (Å²) < 4.78 is 4.63. The van der Waals surface area contributed by atoms with E-state index in [1.165, 1.54) is 7.11 Å². The van der Waals surface area contributed by atoms with E-state index in [4.69, 9.17) is 0 Å². The third-order valence-electron chi connectivity index (χ3n) is 2.01. The van der Waals surface area contributed by atoms with Gasteiger partial charge in [-0.2, -0.15) is 0 Å². The summed E-state index contributed by atoms with van der Waals surface area (Å²) in [4.78, 5) is 24.2. The normalized spacial score (nSPS) is 15.0. The Morgan fingerprint density at radius 1 is 1.46 bits per heavy atom. The third kappa shape index (κ3) is 2.15. The van der Waals surface area contributed by atoms with E-state index in [0.29, 0.717) is 0 Å². The average molecular weight is 183 g/mol. The molecule has 0 spiro atoms. The van der Waals surface area contributed by atoms with E-state index in [9.17, 15) is 9.59 Å². The van der Waals surface area contributed by atoms with Crippen LogP contribution in [0.15, 0.2) is 12.2 Å². The quantitative estimate of drug-likeness (QED) is 0.350. The van der Waals surface area contributed by atoms with Gasteiger partial charge in [0.05, 0.1) is 5.57 Å². The predicted molar refractivity (Wildman–Crippen MR) is 47.2 cm³/mol. The number of hydrogen-bond donors (Lipinski definition) is 0. The first-order valence-electron chi connectivity index (χ1n) is 4.17. The lowest BCUT2D eigenvalue weighted by Gasteiger charge is -2.31. The minimum Gasteiger partial charge on any atom is -0.377 e. The molecule has 0 atom stereocenters. The van der Waals surface area contributed by atoms with E-state index in [1.54, 1.807) is 4.90 Å². The zero-order valence-electron chi connectivity index (χ0n) is 7.71. The third-order valence-corrected chi connectivity index (χ3v) is 2.01. The van der Waals surface area contributed by atoms with Gasteiger partial charge in [0, 0.05) is 20.2 Å². The molecule has 1 saturated heterocycles. The number of rotatable bonds is 4. The Bertz CT molecular complexity index is 243. The van der Waals surface area contributed by atoms with Gasteiger partial charge in [-0.1, -0.05) is 6.58 Å². The molecule has 0 aromatic heterocycles. The molecule has 1 rings (SSSR count). The lowest BCUT2D eigenvalue weighted by molar-refractivity contribution is -0.133. The highest BCUT2D eigenvalue weighted by atomic mass is 16.5. The summed E-state index contributed by atoms with van der Waals surface area (Å²) in [6, 6.07) is 0. The van der Waals surface area contributed by atoms with Crippen molar-refractivity contribution in [2.45, 2.75) is 6.42 Å². The molecule has 4 heteroatoms. The van der Waals surface area contributed by atoms with Gasteiger partial charge in [0.2, 0.25) is 0 Å². The Kier molecular flexibility index (Phi) is 3.19. The van der Waals surface area contributed by atoms with Gasteiger partial charge in [-0.15, -0.1) is 0 Å². The molecule has 0 aliphatic carbocycles. The van der Waals surface area contributed by atoms with Crippen molar-refractivity contribution in [3.63, 3.8) is 0 Å². The lowest BCUT2D eigenvalue weighted by Crippen LogP contribution is -2.44. The fraction of sp³-hybridized carbons (Fsp3) is 0.556. The summed E-state index contributed by atoms with van der Waals surface area (Å²) in [6.07, 6.45) is 1.01. The molecule has 0 N–H and O–H groups in total. The molecule has 4 nitrogen and oxygen atoms in total. The van der Waals surface area contributed by atoms with E-state index in [2.05, 4.69) is 11.3 Å². The van der Waals surface area contributed by atoms with Gasteiger partial charge in [-0.05, 0) is 6.42 Å². The van der Waals surface area contributed by atoms with Crippen LogP contribution in [0.3, 0.4) is 0 Å². The topological polar surface area (TPSA) is 46.6 Å². The van der Waals surface area contributed by atoms with Crippen LogP contribution in [-0.4, -0.2) is 43.4 Å². The summed E-state index contributed by atoms with van der Waals surface area (Å²) in [5.74, 6) is -0.590. The van der Waals surface area contributed by atoms with Crippen molar-refractivity contribution in [1.82, 2.24) is 4.90 Å². The summed E-state index contributed by atoms with van der Waals surface area (Å²) in [5.41, 5.74) is 0.0292. The number of Topliss-reactive ketones (excluding diaryl/α,β-unsaturated/α-hetero) is 1. The van der Waals surface area contributed by atoms with E-state index in [-0.39, 0.29) is 23.9 Å². The van der Waals surface area contributed by atoms with Crippen molar-refractivity contribution in [1.29, 1.82) is 0 Å². The first-order chi connectivity index (χ1) is 6.16. The van der Waals surface area contributed by atoms with E-state index >= 15 is 0 Å². The molecule has 13 heavy (non-hydrogen) atoms. The molecule has 1 aliphatic rings. The number of nitrogens with zero attached hydrogens (tertiary/aromatic N) is 1. The second-order valence-corrected chi connectivity index (χ2v) is 2.98. The number of ether oxygens (including phenoxy) is 1. The molecule has 0 radical (unpaired) electrons. The maximum absolute atomic E-state index is 11.4. The molecule has 0 aromatic rings. The van der Waals surface area contributed by atoms with Crippen molar-refractivity contribution in [2.75, 3.05) is 26.8 Å². The van der Waals surface area contributed by atoms with Gasteiger partial charge < -0.3 is 9.64 Å². The molecule has 0 saturated carbocycles. The number of carbonyl (C=O) groups excluding carboxylic acids is 2. The van der Waals surface area contributed by atoms with Crippen LogP contribution < -0.4 is 0 Å². The molecular formula is C9H13NO3. The smallest absolute Gasteiger partial charge is 0.256 e. The second kappa shape index (κ2) is 4.18. The molecule has 1 heterocycles. The SMILES string of the molecule is C=C(C(=O)COC)C(=O)N1CCC1. The summed E-state index contributed by atoms with van der Waals surface area (Å²) >= 11 is 0. The van der Waals surface area contributed by atoms with Crippen molar-refractivity contribution >= 4 is 11.7 Å². The highest BCUT2D eigenvalue weighted by molar-refractivity contribution is 6.19. The van der Waals surface area contributed by atoms with Crippen molar-refractivity contribution < 1.29 is 14.3 Å². The number of hydrogen-bond acceptors (Lipinski definition) is 3. The molecule has 1 amide bonds. The van der Waals surface area contributed by atoms with Gasteiger partial charge in [0.15, 0.2) is 5.78 Å². The van der Waals surface area contributed by atoms with Crippen LogP contribution in [0.1, 0.15) is 6.42 Å². The number of amides is 1. The molecule has 0 unspecified atom stereocenters. The Balaban J connectivity index is 2.46. The van der Waals surface area contributed by atoms with E-state index in [0.717, 1.165) is 19.5 Å². The monoisotopic (exact) mass is 183 g/mol. The number of carbonyl (C=O) groups is 2. The minimum absolute atomic E-state index is 0.0292. The molecule has 1 aliphatic heterocycles. The van der Waals surface area contributed by atoms with Crippen LogP contribution in [0.4, 0.5) is 0 Å². The summed E-state index contributed by atoms with van der Waals surface area (Å²) in [5, 5.41) is 0. The number of likely N-dealkylation sites (tertiary alicyclic amines) is 1. The summed E-state index contributed by atoms with van der Waals surface area (Å²) in [6.45, 7) is 4.85. The van der Waals surface area contributed by atoms with Crippen LogP contribution in [-0.2, 0) is 14.3 Å². The van der Waals surface area contributed by atoms with Gasteiger partial charge in [-0.25, -0.2) is 0 Å². The maximum atomic E-state index is 11.4. The highest BCUT2D eigenvalue weighted by Crippen LogP contribution is 2.10. The van der Waals surface area contributed by atoms with Crippen LogP contribution >= 0.6 is 0 Å². The van der Waals surface area contributed by atoms with Crippen LogP contribution in [0.25, 0.3) is 0 Å². The lowest BCUT2D eigenvalue weighted by atomic mass is 10.1. The zero-order valence-corrected chi connectivity index (χ0v) is 7.71. The first-order valence-corrected chi connectivity index (χ1v) is 4.17. The minimum atomic E-state index is -0.334. The Morgan fingerprint density at radius 2 is 2.08 bits per heavy atom. The molecule has 72 valence electrons. The molecule has 1 fully saturated rings. The fourth-order valence-corrected chi connectivity index (χ4v) is 1.05. The van der Waals surface area contributed by atoms with Gasteiger partial charge >= 0.3 is 0 Å². The largest absolute Gasteiger partial charge is 0.377 e. The van der Waals surface area contributed by atoms with Gasteiger partial charge in [0.25, 0.3) is 5.91 Å². The molecule has 0 bridgehead atoms. The summed E-state index contributed by atoms with van der Waals surface area (Å²) in [7, 11) is 1.42. The van der Waals surface area contributed by atoms with Crippen molar-refractivity contribution in [3.05, 3.63) is 12.2 Å². The van der Waals surface area contributed by atoms with E-state index < -0.39 is 0 Å². The fourth-order valence-electron chi connectivity index (χ4n) is 1.05. The van der Waals surface area contributed by atoms with Crippen LogP contribution in [0.2, 0.25) is 0 Å². The number of methoxy groups -OCH3 is 1. The highest BCUT2D eigenvalue weighted by Gasteiger charge is 2.25. The van der Waals surface area contributed by atoms with Crippen LogP contribution in [0, 0.1) is 0 Å². The average Bonchev–Trinajstić information content (AvgIpc) is 2.00.